The first-order valence-electron chi connectivity index (χ1n) is 6.20. The van der Waals surface area contributed by atoms with E-state index in [1.165, 1.54) is 24.2 Å². The van der Waals surface area contributed by atoms with Gasteiger partial charge in [-0.25, -0.2) is 0 Å². The zero-order valence-corrected chi connectivity index (χ0v) is 12.3. The standard InChI is InChI=1S/C14H16ClNO2S/c1-8(17)19-7-13(14(16)18)12-4-2-9-6-10(15)3-5-11(9)12/h3,5-6,12-13H,2,4,7H2,1H3,(H2,16,18). The summed E-state index contributed by atoms with van der Waals surface area (Å²) in [4.78, 5) is 22.7. The molecule has 1 aliphatic rings. The average molecular weight is 298 g/mol. The van der Waals surface area contributed by atoms with Crippen molar-refractivity contribution in [1.82, 2.24) is 0 Å². The van der Waals surface area contributed by atoms with Crippen molar-refractivity contribution in [2.75, 3.05) is 5.75 Å². The van der Waals surface area contributed by atoms with Crippen LogP contribution >= 0.6 is 23.4 Å². The molecular formula is C14H16ClNO2S. The number of fused-ring (bicyclic) bond motifs is 1. The molecule has 1 amide bonds. The van der Waals surface area contributed by atoms with Gasteiger partial charge >= 0.3 is 0 Å². The predicted octanol–water partition coefficient (Wildman–Crippen LogP) is 2.75. The van der Waals surface area contributed by atoms with E-state index in [9.17, 15) is 9.59 Å². The van der Waals surface area contributed by atoms with Crippen LogP contribution < -0.4 is 5.73 Å². The smallest absolute Gasteiger partial charge is 0.221 e. The van der Waals surface area contributed by atoms with E-state index in [0.717, 1.165) is 18.4 Å². The van der Waals surface area contributed by atoms with Crippen LogP contribution in [0, 0.1) is 5.92 Å². The highest BCUT2D eigenvalue weighted by Crippen LogP contribution is 2.40. The Morgan fingerprint density at radius 3 is 2.89 bits per heavy atom. The molecule has 0 saturated carbocycles. The molecule has 1 aromatic carbocycles. The monoisotopic (exact) mass is 297 g/mol. The van der Waals surface area contributed by atoms with E-state index in [0.29, 0.717) is 10.8 Å². The van der Waals surface area contributed by atoms with Gasteiger partial charge in [-0.3, -0.25) is 9.59 Å². The van der Waals surface area contributed by atoms with Crippen LogP contribution in [-0.4, -0.2) is 16.8 Å². The lowest BCUT2D eigenvalue weighted by molar-refractivity contribution is -0.121. The molecule has 0 aromatic heterocycles. The number of hydrogen-bond donors (Lipinski definition) is 1. The highest BCUT2D eigenvalue weighted by Gasteiger charge is 2.33. The normalized spacial score (nSPS) is 18.9. The van der Waals surface area contributed by atoms with E-state index in [-0.39, 0.29) is 22.9 Å². The van der Waals surface area contributed by atoms with Gasteiger partial charge in [0.15, 0.2) is 5.12 Å². The Labute approximate surface area is 121 Å². The molecule has 19 heavy (non-hydrogen) atoms. The lowest BCUT2D eigenvalue weighted by Gasteiger charge is -2.20. The molecule has 1 aromatic rings. The van der Waals surface area contributed by atoms with Crippen LogP contribution in [0.4, 0.5) is 0 Å². The predicted molar refractivity (Wildman–Crippen MR) is 78.3 cm³/mol. The zero-order valence-electron chi connectivity index (χ0n) is 10.7. The number of aryl methyl sites for hydroxylation is 1. The summed E-state index contributed by atoms with van der Waals surface area (Å²) in [5.41, 5.74) is 7.84. The first kappa shape index (κ1) is 14.4. The first-order chi connectivity index (χ1) is 8.99. The molecule has 2 unspecified atom stereocenters. The van der Waals surface area contributed by atoms with Crippen LogP contribution in [0.2, 0.25) is 5.02 Å². The quantitative estimate of drug-likeness (QED) is 0.929. The van der Waals surface area contributed by atoms with Crippen LogP contribution in [-0.2, 0) is 16.0 Å². The molecule has 2 atom stereocenters. The van der Waals surface area contributed by atoms with Gasteiger partial charge in [-0.1, -0.05) is 29.4 Å². The van der Waals surface area contributed by atoms with Crippen LogP contribution in [0.25, 0.3) is 0 Å². The molecule has 2 rings (SSSR count). The Kier molecular flexibility index (Phi) is 4.53. The molecule has 0 aliphatic heterocycles. The average Bonchev–Trinajstić information content (AvgIpc) is 2.71. The highest BCUT2D eigenvalue weighted by molar-refractivity contribution is 8.13. The van der Waals surface area contributed by atoms with Crippen molar-refractivity contribution < 1.29 is 9.59 Å². The maximum Gasteiger partial charge on any atom is 0.221 e. The topological polar surface area (TPSA) is 60.2 Å². The Bertz CT molecular complexity index is 518. The van der Waals surface area contributed by atoms with E-state index in [1.54, 1.807) is 0 Å². The highest BCUT2D eigenvalue weighted by atomic mass is 35.5. The molecule has 0 saturated heterocycles. The van der Waals surface area contributed by atoms with Crippen molar-refractivity contribution in [3.8, 4) is 0 Å². The number of amides is 1. The fourth-order valence-electron chi connectivity index (χ4n) is 2.64. The molecular weight excluding hydrogens is 282 g/mol. The van der Waals surface area contributed by atoms with Crippen LogP contribution in [0.5, 0.6) is 0 Å². The Morgan fingerprint density at radius 2 is 2.26 bits per heavy atom. The molecule has 102 valence electrons. The molecule has 0 bridgehead atoms. The van der Waals surface area contributed by atoms with Crippen molar-refractivity contribution in [2.24, 2.45) is 11.7 Å². The van der Waals surface area contributed by atoms with Gasteiger partial charge in [0.1, 0.15) is 0 Å². The molecule has 0 spiro atoms. The molecule has 0 radical (unpaired) electrons. The largest absolute Gasteiger partial charge is 0.369 e. The second kappa shape index (κ2) is 5.97. The minimum Gasteiger partial charge on any atom is -0.369 e. The van der Waals surface area contributed by atoms with E-state index < -0.39 is 0 Å². The van der Waals surface area contributed by atoms with Crippen LogP contribution in [0.3, 0.4) is 0 Å². The molecule has 0 fully saturated rings. The van der Waals surface area contributed by atoms with Gasteiger partial charge in [-0.15, -0.1) is 0 Å². The summed E-state index contributed by atoms with van der Waals surface area (Å²) in [5.74, 6) is -0.0632. The summed E-state index contributed by atoms with van der Waals surface area (Å²) >= 11 is 7.14. The summed E-state index contributed by atoms with van der Waals surface area (Å²) in [6.07, 6.45) is 1.80. The third kappa shape index (κ3) is 3.31. The van der Waals surface area contributed by atoms with Crippen molar-refractivity contribution in [3.63, 3.8) is 0 Å². The van der Waals surface area contributed by atoms with Gasteiger partial charge in [-0.05, 0) is 42.0 Å². The number of halogens is 1. The third-order valence-electron chi connectivity index (χ3n) is 3.55. The van der Waals surface area contributed by atoms with E-state index in [4.69, 9.17) is 17.3 Å². The van der Waals surface area contributed by atoms with E-state index >= 15 is 0 Å². The van der Waals surface area contributed by atoms with Gasteiger partial charge in [0.05, 0.1) is 5.92 Å². The first-order valence-corrected chi connectivity index (χ1v) is 7.56. The van der Waals surface area contributed by atoms with Crippen molar-refractivity contribution in [2.45, 2.75) is 25.7 Å². The summed E-state index contributed by atoms with van der Waals surface area (Å²) in [7, 11) is 0. The van der Waals surface area contributed by atoms with Crippen LogP contribution in [0.15, 0.2) is 18.2 Å². The number of benzene rings is 1. The fraction of sp³-hybridized carbons (Fsp3) is 0.429. The maximum atomic E-state index is 11.6. The van der Waals surface area contributed by atoms with Gasteiger partial charge in [0.2, 0.25) is 5.91 Å². The molecule has 3 nitrogen and oxygen atoms in total. The minimum absolute atomic E-state index is 0.0144. The van der Waals surface area contributed by atoms with Gasteiger partial charge < -0.3 is 5.73 Å². The lowest BCUT2D eigenvalue weighted by Crippen LogP contribution is -2.30. The Hall–Kier alpha value is -1.00. The molecule has 5 heteroatoms. The molecule has 1 aliphatic carbocycles. The van der Waals surface area contributed by atoms with Gasteiger partial charge in [-0.2, -0.15) is 0 Å². The lowest BCUT2D eigenvalue weighted by atomic mass is 9.88. The van der Waals surface area contributed by atoms with Crippen LogP contribution in [0.1, 0.15) is 30.4 Å². The number of carbonyl (C=O) groups is 2. The number of thioether (sulfide) groups is 1. The summed E-state index contributed by atoms with van der Waals surface area (Å²) in [5, 5.41) is 0.730. The number of nitrogens with two attached hydrogens (primary N) is 1. The molecule has 2 N–H and O–H groups in total. The number of rotatable bonds is 4. The second-order valence-corrected chi connectivity index (χ2v) is 6.43. The van der Waals surface area contributed by atoms with Gasteiger partial charge in [0.25, 0.3) is 0 Å². The van der Waals surface area contributed by atoms with Gasteiger partial charge in [0, 0.05) is 17.7 Å². The van der Waals surface area contributed by atoms with Crippen molar-refractivity contribution >= 4 is 34.4 Å². The maximum absolute atomic E-state index is 11.6. The number of carbonyl (C=O) groups excluding carboxylic acids is 2. The molecule has 0 heterocycles. The zero-order chi connectivity index (χ0) is 14.0. The number of primary amides is 1. The van der Waals surface area contributed by atoms with E-state index in [2.05, 4.69) is 0 Å². The fourth-order valence-corrected chi connectivity index (χ4v) is 3.65. The van der Waals surface area contributed by atoms with Crippen molar-refractivity contribution in [3.05, 3.63) is 34.3 Å². The Morgan fingerprint density at radius 1 is 1.53 bits per heavy atom. The SMILES string of the molecule is CC(=O)SCC(C(N)=O)C1CCc2cc(Cl)ccc21. The Balaban J connectivity index is 2.21. The summed E-state index contributed by atoms with van der Waals surface area (Å²) in [6, 6.07) is 5.77. The minimum atomic E-state index is -0.332. The summed E-state index contributed by atoms with van der Waals surface area (Å²) in [6.45, 7) is 1.51. The second-order valence-electron chi connectivity index (χ2n) is 4.80. The number of hydrogen-bond acceptors (Lipinski definition) is 3. The van der Waals surface area contributed by atoms with Crippen molar-refractivity contribution in [1.29, 1.82) is 0 Å². The summed E-state index contributed by atoms with van der Waals surface area (Å²) < 4.78 is 0. The van der Waals surface area contributed by atoms with E-state index in [1.807, 2.05) is 18.2 Å². The third-order valence-corrected chi connectivity index (χ3v) is 4.71.